The zero-order valence-corrected chi connectivity index (χ0v) is 12.8. The average Bonchev–Trinajstić information content (AvgIpc) is 2.39. The number of ether oxygens (including phenoxy) is 2. The first-order chi connectivity index (χ1) is 9.10. The van der Waals surface area contributed by atoms with Crippen molar-refractivity contribution in [3.63, 3.8) is 0 Å². The van der Waals surface area contributed by atoms with Crippen LogP contribution in [0.3, 0.4) is 0 Å². The summed E-state index contributed by atoms with van der Waals surface area (Å²) in [5.41, 5.74) is 7.28. The fourth-order valence-corrected chi connectivity index (χ4v) is 2.10. The molecule has 0 fully saturated rings. The van der Waals surface area contributed by atoms with Crippen molar-refractivity contribution in [2.24, 2.45) is 5.73 Å². The number of hydrogen-bond donors (Lipinski definition) is 1. The van der Waals surface area contributed by atoms with E-state index in [1.165, 1.54) is 0 Å². The summed E-state index contributed by atoms with van der Waals surface area (Å²) in [7, 11) is 3.35. The van der Waals surface area contributed by atoms with Crippen LogP contribution in [-0.4, -0.2) is 45.5 Å². The van der Waals surface area contributed by atoms with Gasteiger partial charge >= 0.3 is 0 Å². The highest BCUT2D eigenvalue weighted by Crippen LogP contribution is 2.26. The summed E-state index contributed by atoms with van der Waals surface area (Å²) in [5.74, 6) is 0. The van der Waals surface area contributed by atoms with E-state index in [4.69, 9.17) is 39.0 Å². The highest BCUT2D eigenvalue weighted by molar-refractivity contribution is 7.80. The number of anilines is 1. The Morgan fingerprint density at radius 3 is 2.26 bits per heavy atom. The smallest absolute Gasteiger partial charge is 0.104 e. The van der Waals surface area contributed by atoms with Crippen molar-refractivity contribution in [2.45, 2.75) is 0 Å². The van der Waals surface area contributed by atoms with Gasteiger partial charge in [-0.15, -0.1) is 0 Å². The van der Waals surface area contributed by atoms with Gasteiger partial charge in [0.25, 0.3) is 0 Å². The van der Waals surface area contributed by atoms with Crippen LogP contribution < -0.4 is 10.6 Å². The number of halogens is 1. The van der Waals surface area contributed by atoms with Crippen molar-refractivity contribution in [2.75, 3.05) is 45.4 Å². The molecular formula is C13H19ClN2O2S. The van der Waals surface area contributed by atoms with Crippen molar-refractivity contribution >= 4 is 34.5 Å². The molecule has 0 saturated carbocycles. The van der Waals surface area contributed by atoms with Crippen LogP contribution >= 0.6 is 23.8 Å². The van der Waals surface area contributed by atoms with E-state index in [2.05, 4.69) is 4.90 Å². The second-order valence-electron chi connectivity index (χ2n) is 4.00. The van der Waals surface area contributed by atoms with E-state index in [0.717, 1.165) is 24.3 Å². The molecule has 2 N–H and O–H groups in total. The molecule has 0 amide bonds. The minimum Gasteiger partial charge on any atom is -0.389 e. The van der Waals surface area contributed by atoms with Gasteiger partial charge in [-0.1, -0.05) is 23.8 Å². The Morgan fingerprint density at radius 1 is 1.26 bits per heavy atom. The summed E-state index contributed by atoms with van der Waals surface area (Å²) < 4.78 is 10.2. The summed E-state index contributed by atoms with van der Waals surface area (Å²) in [6.45, 7) is 2.73. The van der Waals surface area contributed by atoms with Gasteiger partial charge in [0.05, 0.1) is 23.9 Å². The van der Waals surface area contributed by atoms with Crippen LogP contribution in [0.4, 0.5) is 5.69 Å². The van der Waals surface area contributed by atoms with Gasteiger partial charge in [0.15, 0.2) is 0 Å². The normalized spacial score (nSPS) is 10.5. The van der Waals surface area contributed by atoms with Crippen LogP contribution in [0, 0.1) is 0 Å². The summed E-state index contributed by atoms with van der Waals surface area (Å²) in [6, 6.07) is 5.57. The highest BCUT2D eigenvalue weighted by Gasteiger charge is 2.11. The summed E-state index contributed by atoms with van der Waals surface area (Å²) in [6.07, 6.45) is 0. The molecule has 1 aromatic rings. The highest BCUT2D eigenvalue weighted by atomic mass is 35.5. The second-order valence-corrected chi connectivity index (χ2v) is 4.85. The molecule has 0 heterocycles. The SMILES string of the molecule is COCCN(CCOC)c1ccc(C(N)=S)cc1Cl. The fraction of sp³-hybridized carbons (Fsp3) is 0.462. The van der Waals surface area contributed by atoms with Crippen LogP contribution in [0.5, 0.6) is 0 Å². The monoisotopic (exact) mass is 302 g/mol. The lowest BCUT2D eigenvalue weighted by molar-refractivity contribution is 0.190. The lowest BCUT2D eigenvalue weighted by atomic mass is 10.2. The van der Waals surface area contributed by atoms with E-state index in [9.17, 15) is 0 Å². The van der Waals surface area contributed by atoms with Crippen molar-refractivity contribution in [1.29, 1.82) is 0 Å². The molecule has 1 rings (SSSR count). The number of nitrogens with zero attached hydrogens (tertiary/aromatic N) is 1. The van der Waals surface area contributed by atoms with Gasteiger partial charge in [-0.25, -0.2) is 0 Å². The second kappa shape index (κ2) is 8.32. The molecule has 0 aliphatic carbocycles. The molecule has 6 heteroatoms. The first kappa shape index (κ1) is 16.2. The maximum atomic E-state index is 6.29. The predicted molar refractivity (Wildman–Crippen MR) is 83.3 cm³/mol. The minimum atomic E-state index is 0.341. The third-order valence-corrected chi connectivity index (χ3v) is 3.24. The summed E-state index contributed by atoms with van der Waals surface area (Å²) in [4.78, 5) is 2.45. The van der Waals surface area contributed by atoms with Gasteiger partial charge in [-0.2, -0.15) is 0 Å². The van der Waals surface area contributed by atoms with Gasteiger partial charge in [0.2, 0.25) is 0 Å². The zero-order chi connectivity index (χ0) is 14.3. The van der Waals surface area contributed by atoms with E-state index >= 15 is 0 Å². The Labute approximate surface area is 124 Å². The fourth-order valence-electron chi connectivity index (χ4n) is 1.67. The van der Waals surface area contributed by atoms with Gasteiger partial charge in [0, 0.05) is 32.9 Å². The Morgan fingerprint density at radius 2 is 1.84 bits per heavy atom. The molecule has 4 nitrogen and oxygen atoms in total. The quantitative estimate of drug-likeness (QED) is 0.745. The first-order valence-electron chi connectivity index (χ1n) is 5.92. The third-order valence-electron chi connectivity index (χ3n) is 2.70. The molecule has 106 valence electrons. The summed E-state index contributed by atoms with van der Waals surface area (Å²) >= 11 is 11.2. The predicted octanol–water partition coefficient (Wildman–Crippen LogP) is 2.07. The molecule has 0 saturated heterocycles. The van der Waals surface area contributed by atoms with Crippen LogP contribution in [0.1, 0.15) is 5.56 Å². The standard InChI is InChI=1S/C13H19ClN2O2S/c1-17-7-5-16(6-8-18-2)12-4-3-10(13(15)19)9-11(12)14/h3-4,9H,5-8H2,1-2H3,(H2,15,19). The summed E-state index contributed by atoms with van der Waals surface area (Å²) in [5, 5.41) is 0.623. The van der Waals surface area contributed by atoms with E-state index in [-0.39, 0.29) is 0 Å². The van der Waals surface area contributed by atoms with Crippen molar-refractivity contribution in [3.8, 4) is 0 Å². The van der Waals surface area contributed by atoms with Crippen molar-refractivity contribution < 1.29 is 9.47 Å². The number of benzene rings is 1. The van der Waals surface area contributed by atoms with Crippen molar-refractivity contribution in [3.05, 3.63) is 28.8 Å². The van der Waals surface area contributed by atoms with Crippen molar-refractivity contribution in [1.82, 2.24) is 0 Å². The number of nitrogens with two attached hydrogens (primary N) is 1. The molecule has 0 bridgehead atoms. The molecule has 1 aromatic carbocycles. The zero-order valence-electron chi connectivity index (χ0n) is 11.2. The lowest BCUT2D eigenvalue weighted by Gasteiger charge is -2.25. The molecule has 0 unspecified atom stereocenters. The number of rotatable bonds is 8. The molecule has 0 aromatic heterocycles. The Hall–Kier alpha value is -0.880. The van der Waals surface area contributed by atoms with Gasteiger partial charge in [-0.05, 0) is 18.2 Å². The van der Waals surface area contributed by atoms with E-state index < -0.39 is 0 Å². The van der Waals surface area contributed by atoms with Gasteiger partial charge in [0.1, 0.15) is 4.99 Å². The van der Waals surface area contributed by atoms with E-state index in [1.54, 1.807) is 20.3 Å². The maximum Gasteiger partial charge on any atom is 0.104 e. The van der Waals surface area contributed by atoms with Crippen LogP contribution in [0.15, 0.2) is 18.2 Å². The molecule has 0 radical (unpaired) electrons. The Bertz CT molecular complexity index is 421. The molecule has 0 aliphatic rings. The van der Waals surface area contributed by atoms with Gasteiger partial charge < -0.3 is 20.1 Å². The number of hydrogen-bond acceptors (Lipinski definition) is 4. The molecule has 0 atom stereocenters. The van der Waals surface area contributed by atoms with Gasteiger partial charge in [-0.3, -0.25) is 0 Å². The Kier molecular flexibility index (Phi) is 7.09. The van der Waals surface area contributed by atoms with E-state index in [1.807, 2.05) is 12.1 Å². The maximum absolute atomic E-state index is 6.29. The molecule has 0 aliphatic heterocycles. The van der Waals surface area contributed by atoms with Crippen LogP contribution in [0.2, 0.25) is 5.02 Å². The Balaban J connectivity index is 2.90. The minimum absolute atomic E-state index is 0.341. The average molecular weight is 303 g/mol. The molecular weight excluding hydrogens is 284 g/mol. The topological polar surface area (TPSA) is 47.7 Å². The lowest BCUT2D eigenvalue weighted by Crippen LogP contribution is -2.31. The van der Waals surface area contributed by atoms with Crippen LogP contribution in [0.25, 0.3) is 0 Å². The third kappa shape index (κ3) is 4.95. The van der Waals surface area contributed by atoms with Crippen LogP contribution in [-0.2, 0) is 9.47 Å². The molecule has 19 heavy (non-hydrogen) atoms. The van der Waals surface area contributed by atoms with E-state index in [0.29, 0.717) is 23.2 Å². The number of methoxy groups -OCH3 is 2. The number of thiocarbonyl (C=S) groups is 1. The first-order valence-corrected chi connectivity index (χ1v) is 6.71. The largest absolute Gasteiger partial charge is 0.389 e. The molecule has 0 spiro atoms.